The van der Waals surface area contributed by atoms with Gasteiger partial charge in [0.15, 0.2) is 11.5 Å². The predicted octanol–water partition coefficient (Wildman–Crippen LogP) is 3.55. The molecular weight excluding hydrogens is 254 g/mol. The summed E-state index contributed by atoms with van der Waals surface area (Å²) < 4.78 is 16.2. The van der Waals surface area contributed by atoms with Crippen molar-refractivity contribution in [2.75, 3.05) is 27.9 Å². The van der Waals surface area contributed by atoms with E-state index in [1.165, 1.54) is 18.4 Å². The third-order valence-electron chi connectivity index (χ3n) is 3.39. The Labute approximate surface area is 122 Å². The van der Waals surface area contributed by atoms with Gasteiger partial charge in [0.05, 0.1) is 21.3 Å². The van der Waals surface area contributed by atoms with E-state index in [0.717, 1.165) is 13.0 Å². The van der Waals surface area contributed by atoms with Crippen molar-refractivity contribution in [3.8, 4) is 17.2 Å². The summed E-state index contributed by atoms with van der Waals surface area (Å²) in [6.07, 6.45) is 3.48. The molecule has 0 saturated carbocycles. The van der Waals surface area contributed by atoms with Crippen LogP contribution in [-0.4, -0.2) is 27.9 Å². The average Bonchev–Trinajstić information content (AvgIpc) is 2.49. The maximum atomic E-state index is 5.42. The van der Waals surface area contributed by atoms with Gasteiger partial charge in [-0.3, -0.25) is 0 Å². The fraction of sp³-hybridized carbons (Fsp3) is 0.625. The summed E-state index contributed by atoms with van der Waals surface area (Å²) in [6.45, 7) is 5.26. The van der Waals surface area contributed by atoms with Crippen molar-refractivity contribution in [2.24, 2.45) is 0 Å². The van der Waals surface area contributed by atoms with Gasteiger partial charge in [-0.05, 0) is 30.7 Å². The Morgan fingerprint density at radius 1 is 1.00 bits per heavy atom. The number of rotatable bonds is 9. The van der Waals surface area contributed by atoms with Crippen LogP contribution in [0.2, 0.25) is 0 Å². The van der Waals surface area contributed by atoms with E-state index >= 15 is 0 Å². The Morgan fingerprint density at radius 2 is 1.60 bits per heavy atom. The molecule has 1 N–H and O–H groups in total. The van der Waals surface area contributed by atoms with Crippen molar-refractivity contribution in [1.29, 1.82) is 0 Å². The van der Waals surface area contributed by atoms with Crippen molar-refractivity contribution in [1.82, 2.24) is 5.32 Å². The molecule has 20 heavy (non-hydrogen) atoms. The van der Waals surface area contributed by atoms with Gasteiger partial charge in [-0.15, -0.1) is 0 Å². The number of nitrogens with one attached hydrogen (secondary N) is 1. The molecule has 0 fully saturated rings. The van der Waals surface area contributed by atoms with Gasteiger partial charge in [0.25, 0.3) is 0 Å². The van der Waals surface area contributed by atoms with E-state index in [4.69, 9.17) is 14.2 Å². The summed E-state index contributed by atoms with van der Waals surface area (Å²) in [6, 6.07) is 4.38. The Kier molecular flexibility index (Phi) is 7.23. The molecule has 4 nitrogen and oxygen atoms in total. The molecule has 0 aromatic heterocycles. The highest BCUT2D eigenvalue weighted by atomic mass is 16.5. The number of unbranched alkanes of at least 4 members (excludes halogenated alkanes) is 1. The van der Waals surface area contributed by atoms with E-state index in [1.807, 2.05) is 12.1 Å². The fourth-order valence-corrected chi connectivity index (χ4v) is 2.34. The maximum Gasteiger partial charge on any atom is 0.203 e. The van der Waals surface area contributed by atoms with Crippen LogP contribution in [0.4, 0.5) is 0 Å². The topological polar surface area (TPSA) is 39.7 Å². The zero-order valence-electron chi connectivity index (χ0n) is 13.3. The Hall–Kier alpha value is -1.42. The van der Waals surface area contributed by atoms with Crippen molar-refractivity contribution >= 4 is 0 Å². The second kappa shape index (κ2) is 8.69. The molecule has 1 aromatic rings. The third-order valence-corrected chi connectivity index (χ3v) is 3.39. The zero-order chi connectivity index (χ0) is 15.0. The van der Waals surface area contributed by atoms with Crippen molar-refractivity contribution in [3.63, 3.8) is 0 Å². The molecule has 1 atom stereocenters. The normalized spacial score (nSPS) is 12.1. The molecule has 0 bridgehead atoms. The molecule has 0 radical (unpaired) electrons. The van der Waals surface area contributed by atoms with Crippen molar-refractivity contribution < 1.29 is 14.2 Å². The summed E-state index contributed by atoms with van der Waals surface area (Å²) >= 11 is 0. The van der Waals surface area contributed by atoms with E-state index in [9.17, 15) is 0 Å². The largest absolute Gasteiger partial charge is 0.493 e. The van der Waals surface area contributed by atoms with Crippen LogP contribution in [0.3, 0.4) is 0 Å². The zero-order valence-corrected chi connectivity index (χ0v) is 13.3. The fourth-order valence-electron chi connectivity index (χ4n) is 2.34. The van der Waals surface area contributed by atoms with Crippen LogP contribution in [0.1, 0.15) is 44.7 Å². The highest BCUT2D eigenvalue weighted by molar-refractivity contribution is 5.54. The first kappa shape index (κ1) is 16.6. The lowest BCUT2D eigenvalue weighted by Gasteiger charge is -2.21. The molecule has 0 aliphatic heterocycles. The number of benzene rings is 1. The Bertz CT molecular complexity index is 382. The van der Waals surface area contributed by atoms with Crippen LogP contribution >= 0.6 is 0 Å². The van der Waals surface area contributed by atoms with Gasteiger partial charge in [-0.25, -0.2) is 0 Å². The monoisotopic (exact) mass is 281 g/mol. The van der Waals surface area contributed by atoms with Crippen LogP contribution < -0.4 is 19.5 Å². The Morgan fingerprint density at radius 3 is 2.00 bits per heavy atom. The maximum absolute atomic E-state index is 5.42. The van der Waals surface area contributed by atoms with Crippen molar-refractivity contribution in [2.45, 2.75) is 39.2 Å². The van der Waals surface area contributed by atoms with Crippen LogP contribution in [0.25, 0.3) is 0 Å². The lowest BCUT2D eigenvalue weighted by atomic mass is 10.00. The van der Waals surface area contributed by atoms with E-state index in [1.54, 1.807) is 21.3 Å². The van der Waals surface area contributed by atoms with E-state index in [2.05, 4.69) is 19.2 Å². The number of hydrogen-bond donors (Lipinski definition) is 1. The quantitative estimate of drug-likeness (QED) is 0.751. The van der Waals surface area contributed by atoms with Crippen LogP contribution in [0.15, 0.2) is 12.1 Å². The molecule has 0 spiro atoms. The minimum Gasteiger partial charge on any atom is -0.493 e. The molecule has 114 valence electrons. The second-order valence-electron chi connectivity index (χ2n) is 4.71. The minimum absolute atomic E-state index is 0.314. The SMILES string of the molecule is CCCCC(NCC)c1cc(OC)c(OC)c(OC)c1. The lowest BCUT2D eigenvalue weighted by Crippen LogP contribution is -2.21. The standard InChI is InChI=1S/C16H27NO3/c1-6-8-9-13(17-7-2)12-10-14(18-3)16(20-5)15(11-12)19-4/h10-11,13,17H,6-9H2,1-5H3. The molecule has 0 aliphatic rings. The van der Waals surface area contributed by atoms with Gasteiger partial charge >= 0.3 is 0 Å². The minimum atomic E-state index is 0.314. The number of ether oxygens (including phenoxy) is 3. The van der Waals surface area contributed by atoms with Crippen LogP contribution in [-0.2, 0) is 0 Å². The first-order chi connectivity index (χ1) is 9.71. The van der Waals surface area contributed by atoms with Crippen molar-refractivity contribution in [3.05, 3.63) is 17.7 Å². The first-order valence-corrected chi connectivity index (χ1v) is 7.25. The van der Waals surface area contributed by atoms with Crippen LogP contribution in [0.5, 0.6) is 17.2 Å². The summed E-state index contributed by atoms with van der Waals surface area (Å²) in [7, 11) is 4.92. The summed E-state index contributed by atoms with van der Waals surface area (Å²) in [4.78, 5) is 0. The summed E-state index contributed by atoms with van der Waals surface area (Å²) in [5.41, 5.74) is 1.18. The van der Waals surface area contributed by atoms with Gasteiger partial charge in [-0.2, -0.15) is 0 Å². The average molecular weight is 281 g/mol. The third kappa shape index (κ3) is 4.04. The molecule has 1 unspecified atom stereocenters. The van der Waals surface area contributed by atoms with Gasteiger partial charge in [0.1, 0.15) is 0 Å². The smallest absolute Gasteiger partial charge is 0.203 e. The van der Waals surface area contributed by atoms with E-state index < -0.39 is 0 Å². The van der Waals surface area contributed by atoms with Gasteiger partial charge in [0.2, 0.25) is 5.75 Å². The van der Waals surface area contributed by atoms with Gasteiger partial charge in [-0.1, -0.05) is 26.7 Å². The summed E-state index contributed by atoms with van der Waals surface area (Å²) in [5, 5.41) is 3.52. The molecular formula is C16H27NO3. The molecule has 0 amide bonds. The molecule has 4 heteroatoms. The first-order valence-electron chi connectivity index (χ1n) is 7.25. The summed E-state index contributed by atoms with van der Waals surface area (Å²) in [5.74, 6) is 2.06. The molecule has 1 aromatic carbocycles. The molecule has 0 heterocycles. The van der Waals surface area contributed by atoms with E-state index in [-0.39, 0.29) is 0 Å². The van der Waals surface area contributed by atoms with E-state index in [0.29, 0.717) is 23.3 Å². The van der Waals surface area contributed by atoms with Crippen LogP contribution in [0, 0.1) is 0 Å². The lowest BCUT2D eigenvalue weighted by molar-refractivity contribution is 0.322. The number of hydrogen-bond acceptors (Lipinski definition) is 4. The molecule has 1 rings (SSSR count). The highest BCUT2D eigenvalue weighted by Gasteiger charge is 2.17. The molecule has 0 saturated heterocycles. The van der Waals surface area contributed by atoms with Gasteiger partial charge in [0, 0.05) is 6.04 Å². The Balaban J connectivity index is 3.13. The highest BCUT2D eigenvalue weighted by Crippen LogP contribution is 2.40. The van der Waals surface area contributed by atoms with Gasteiger partial charge < -0.3 is 19.5 Å². The number of methoxy groups -OCH3 is 3. The second-order valence-corrected chi connectivity index (χ2v) is 4.71. The predicted molar refractivity (Wildman–Crippen MR) is 82.0 cm³/mol. The molecule has 0 aliphatic carbocycles.